The summed E-state index contributed by atoms with van der Waals surface area (Å²) in [6.45, 7) is 3.70. The van der Waals surface area contributed by atoms with Gasteiger partial charge in [0.2, 0.25) is 0 Å². The van der Waals surface area contributed by atoms with E-state index in [0.717, 1.165) is 41.8 Å². The van der Waals surface area contributed by atoms with Gasteiger partial charge in [0.25, 0.3) is 11.8 Å². The van der Waals surface area contributed by atoms with Crippen LogP contribution < -0.4 is 10.2 Å². The fraction of sp³-hybridized carbons (Fsp3) is 0.300. The van der Waals surface area contributed by atoms with Crippen LogP contribution in [0, 0.1) is 0 Å². The molecule has 26 heavy (non-hydrogen) atoms. The molecule has 2 aliphatic rings. The maximum Gasteiger partial charge on any atom is 0.257 e. The van der Waals surface area contributed by atoms with Gasteiger partial charge in [-0.15, -0.1) is 0 Å². The molecule has 1 atom stereocenters. The van der Waals surface area contributed by atoms with Crippen LogP contribution in [0.25, 0.3) is 0 Å². The zero-order valence-electron chi connectivity index (χ0n) is 14.5. The molecule has 0 spiro atoms. The Morgan fingerprint density at radius 1 is 1.23 bits per heavy atom. The number of carbonyl (C=O) groups is 2. The van der Waals surface area contributed by atoms with Crippen LogP contribution in [0.5, 0.6) is 0 Å². The molecule has 134 valence electrons. The number of rotatable bonds is 3. The number of hydrogen-bond donors (Lipinski definition) is 1. The Morgan fingerprint density at radius 3 is 2.73 bits per heavy atom. The van der Waals surface area contributed by atoms with E-state index >= 15 is 0 Å². The summed E-state index contributed by atoms with van der Waals surface area (Å²) < 4.78 is 0.961. The van der Waals surface area contributed by atoms with Crippen LogP contribution in [0.2, 0.25) is 0 Å². The van der Waals surface area contributed by atoms with Gasteiger partial charge in [-0.1, -0.05) is 15.9 Å². The minimum atomic E-state index is -0.174. The lowest BCUT2D eigenvalue weighted by molar-refractivity contribution is 0.0715. The minimum Gasteiger partial charge on any atom is -0.351 e. The number of carbonyl (C=O) groups excluding carboxylic acids is 2. The molecule has 0 aliphatic carbocycles. The van der Waals surface area contributed by atoms with Crippen molar-refractivity contribution >= 4 is 39.1 Å². The van der Waals surface area contributed by atoms with Gasteiger partial charge in [-0.25, -0.2) is 0 Å². The highest BCUT2D eigenvalue weighted by Crippen LogP contribution is 2.36. The second-order valence-corrected chi connectivity index (χ2v) is 7.52. The van der Waals surface area contributed by atoms with Gasteiger partial charge < -0.3 is 15.1 Å². The standard InChI is InChI=1S/C20H20BrN3O2/c1-2-23-17-12-13(19(25)22-15-8-6-14(21)7-9-15)5-10-16(17)20(26)24-11-3-4-18(23)24/h5-10,12,18H,2-4,11H2,1H3,(H,22,25). The van der Waals surface area contributed by atoms with Crippen LogP contribution in [-0.2, 0) is 0 Å². The Bertz CT molecular complexity index is 866. The normalized spacial score (nSPS) is 18.5. The van der Waals surface area contributed by atoms with E-state index in [4.69, 9.17) is 0 Å². The summed E-state index contributed by atoms with van der Waals surface area (Å²) in [7, 11) is 0. The average Bonchev–Trinajstić information content (AvgIpc) is 3.13. The fourth-order valence-electron chi connectivity index (χ4n) is 3.83. The van der Waals surface area contributed by atoms with Crippen LogP contribution in [-0.4, -0.2) is 36.0 Å². The van der Waals surface area contributed by atoms with Crippen molar-refractivity contribution in [3.05, 3.63) is 58.1 Å². The number of benzene rings is 2. The molecule has 4 rings (SSSR count). The molecule has 1 unspecified atom stereocenters. The summed E-state index contributed by atoms with van der Waals surface area (Å²) in [5.41, 5.74) is 2.85. The molecule has 1 saturated heterocycles. The highest BCUT2D eigenvalue weighted by Gasteiger charge is 2.39. The SMILES string of the molecule is CCN1c2cc(C(=O)Nc3ccc(Br)cc3)ccc2C(=O)N2CCCC21. The van der Waals surface area contributed by atoms with E-state index in [1.165, 1.54) is 0 Å². The zero-order chi connectivity index (χ0) is 18.3. The van der Waals surface area contributed by atoms with Crippen molar-refractivity contribution in [2.45, 2.75) is 25.9 Å². The number of nitrogens with zero attached hydrogens (tertiary/aromatic N) is 2. The van der Waals surface area contributed by atoms with Crippen LogP contribution in [0.15, 0.2) is 46.9 Å². The summed E-state index contributed by atoms with van der Waals surface area (Å²) in [5.74, 6) is -0.0976. The third-order valence-electron chi connectivity index (χ3n) is 5.08. The molecule has 2 heterocycles. The number of anilines is 2. The van der Waals surface area contributed by atoms with Crippen LogP contribution in [0.1, 0.15) is 40.5 Å². The van der Waals surface area contributed by atoms with Gasteiger partial charge in [-0.3, -0.25) is 9.59 Å². The molecule has 0 aromatic heterocycles. The van der Waals surface area contributed by atoms with Crippen molar-refractivity contribution in [3.8, 4) is 0 Å². The van der Waals surface area contributed by atoms with E-state index in [0.29, 0.717) is 11.1 Å². The van der Waals surface area contributed by atoms with E-state index in [9.17, 15) is 9.59 Å². The lowest BCUT2D eigenvalue weighted by Gasteiger charge is -2.41. The summed E-state index contributed by atoms with van der Waals surface area (Å²) in [4.78, 5) is 29.6. The Balaban J connectivity index is 1.65. The van der Waals surface area contributed by atoms with E-state index in [1.54, 1.807) is 12.1 Å². The topological polar surface area (TPSA) is 52.7 Å². The lowest BCUT2D eigenvalue weighted by Crippen LogP contribution is -2.52. The third-order valence-corrected chi connectivity index (χ3v) is 5.61. The van der Waals surface area contributed by atoms with Crippen molar-refractivity contribution in [2.24, 2.45) is 0 Å². The molecular formula is C20H20BrN3O2. The Kier molecular flexibility index (Phi) is 4.44. The van der Waals surface area contributed by atoms with Gasteiger partial charge in [-0.05, 0) is 62.2 Å². The second kappa shape index (κ2) is 6.76. The lowest BCUT2D eigenvalue weighted by atomic mass is 10.0. The second-order valence-electron chi connectivity index (χ2n) is 6.60. The molecular weight excluding hydrogens is 394 g/mol. The molecule has 5 nitrogen and oxygen atoms in total. The van der Waals surface area contributed by atoms with Gasteiger partial charge in [-0.2, -0.15) is 0 Å². The highest BCUT2D eigenvalue weighted by molar-refractivity contribution is 9.10. The molecule has 1 fully saturated rings. The predicted molar refractivity (Wildman–Crippen MR) is 106 cm³/mol. The van der Waals surface area contributed by atoms with E-state index in [-0.39, 0.29) is 18.0 Å². The van der Waals surface area contributed by atoms with Crippen molar-refractivity contribution in [2.75, 3.05) is 23.3 Å². The first-order chi connectivity index (χ1) is 12.6. The zero-order valence-corrected chi connectivity index (χ0v) is 16.1. The first-order valence-corrected chi connectivity index (χ1v) is 9.66. The number of fused-ring (bicyclic) bond motifs is 2. The monoisotopic (exact) mass is 413 g/mol. The predicted octanol–water partition coefficient (Wildman–Crippen LogP) is 4.10. The fourth-order valence-corrected chi connectivity index (χ4v) is 4.10. The first kappa shape index (κ1) is 17.1. The van der Waals surface area contributed by atoms with Crippen molar-refractivity contribution in [1.82, 2.24) is 4.90 Å². The summed E-state index contributed by atoms with van der Waals surface area (Å²) in [6, 6.07) is 12.8. The van der Waals surface area contributed by atoms with Gasteiger partial charge in [0.05, 0.1) is 11.3 Å². The summed E-state index contributed by atoms with van der Waals surface area (Å²) in [5, 5.41) is 2.91. The first-order valence-electron chi connectivity index (χ1n) is 8.87. The number of hydrogen-bond acceptors (Lipinski definition) is 3. The maximum atomic E-state index is 12.8. The Hall–Kier alpha value is -2.34. The van der Waals surface area contributed by atoms with Crippen molar-refractivity contribution < 1.29 is 9.59 Å². The van der Waals surface area contributed by atoms with Gasteiger partial charge >= 0.3 is 0 Å². The quantitative estimate of drug-likeness (QED) is 0.823. The van der Waals surface area contributed by atoms with E-state index in [1.807, 2.05) is 35.2 Å². The van der Waals surface area contributed by atoms with Gasteiger partial charge in [0.1, 0.15) is 6.17 Å². The third kappa shape index (κ3) is 2.88. The molecule has 1 N–H and O–H groups in total. The van der Waals surface area contributed by atoms with Crippen LogP contribution in [0.3, 0.4) is 0 Å². The Morgan fingerprint density at radius 2 is 2.00 bits per heavy atom. The smallest absolute Gasteiger partial charge is 0.257 e. The van der Waals surface area contributed by atoms with E-state index < -0.39 is 0 Å². The average molecular weight is 414 g/mol. The largest absolute Gasteiger partial charge is 0.351 e. The minimum absolute atomic E-state index is 0.0760. The molecule has 0 saturated carbocycles. The van der Waals surface area contributed by atoms with Gasteiger partial charge in [0, 0.05) is 28.8 Å². The summed E-state index contributed by atoms with van der Waals surface area (Å²) >= 11 is 3.39. The number of halogens is 1. The number of nitrogens with one attached hydrogen (secondary N) is 1. The summed E-state index contributed by atoms with van der Waals surface area (Å²) in [6.07, 6.45) is 2.12. The molecule has 2 aromatic rings. The highest BCUT2D eigenvalue weighted by atomic mass is 79.9. The molecule has 2 aliphatic heterocycles. The van der Waals surface area contributed by atoms with Crippen LogP contribution in [0.4, 0.5) is 11.4 Å². The van der Waals surface area contributed by atoms with Crippen molar-refractivity contribution in [3.63, 3.8) is 0 Å². The molecule has 2 amide bonds. The molecule has 2 aromatic carbocycles. The van der Waals surface area contributed by atoms with Gasteiger partial charge in [0.15, 0.2) is 0 Å². The van der Waals surface area contributed by atoms with Crippen molar-refractivity contribution in [1.29, 1.82) is 0 Å². The van der Waals surface area contributed by atoms with E-state index in [2.05, 4.69) is 33.1 Å². The maximum absolute atomic E-state index is 12.8. The Labute approximate surface area is 161 Å². The molecule has 6 heteroatoms. The van der Waals surface area contributed by atoms with Crippen LogP contribution >= 0.6 is 15.9 Å². The molecule has 0 radical (unpaired) electrons. The molecule has 0 bridgehead atoms. The number of amides is 2.